The first-order valence-electron chi connectivity index (χ1n) is 7.91. The Balaban J connectivity index is 0.00000208. The van der Waals surface area contributed by atoms with E-state index in [9.17, 15) is 0 Å². The highest BCUT2D eigenvalue weighted by Gasteiger charge is 2.08. The van der Waals surface area contributed by atoms with Gasteiger partial charge in [0.25, 0.3) is 0 Å². The molecule has 6 heteroatoms. The average Bonchev–Trinajstić information content (AvgIpc) is 3.20. The van der Waals surface area contributed by atoms with E-state index in [0.29, 0.717) is 6.61 Å². The smallest absolute Gasteiger partial charge is 0.122 e. The molecule has 0 fully saturated rings. The molecule has 0 aliphatic carbocycles. The molecule has 0 aliphatic heterocycles. The van der Waals surface area contributed by atoms with Crippen LogP contribution in [0.2, 0.25) is 0 Å². The lowest BCUT2D eigenvalue weighted by atomic mass is 10.1. The van der Waals surface area contributed by atoms with Crippen LogP contribution in [0, 0.1) is 13.8 Å². The lowest BCUT2D eigenvalue weighted by Gasteiger charge is -2.12. The maximum absolute atomic E-state index is 5.94. The van der Waals surface area contributed by atoms with Crippen molar-refractivity contribution in [2.24, 2.45) is 0 Å². The zero-order valence-corrected chi connectivity index (χ0v) is 15.1. The molecule has 0 spiro atoms. The molecule has 0 radical (unpaired) electrons. The number of ether oxygens (including phenoxy) is 1. The molecule has 5 nitrogen and oxygen atoms in total. The van der Waals surface area contributed by atoms with Crippen molar-refractivity contribution in [2.75, 3.05) is 6.61 Å². The highest BCUT2D eigenvalue weighted by molar-refractivity contribution is 5.85. The molecule has 24 heavy (non-hydrogen) atoms. The molecule has 0 amide bonds. The summed E-state index contributed by atoms with van der Waals surface area (Å²) in [6.45, 7) is 8.49. The van der Waals surface area contributed by atoms with Crippen LogP contribution >= 0.6 is 12.4 Å². The molecule has 3 rings (SSSR count). The van der Waals surface area contributed by atoms with E-state index in [-0.39, 0.29) is 12.4 Å². The van der Waals surface area contributed by atoms with Crippen molar-refractivity contribution < 1.29 is 4.74 Å². The minimum absolute atomic E-state index is 0. The third-order valence-electron chi connectivity index (χ3n) is 4.11. The Labute approximate surface area is 148 Å². The first kappa shape index (κ1) is 18.1. The minimum Gasteiger partial charge on any atom is -0.491 e. The van der Waals surface area contributed by atoms with Gasteiger partial charge in [-0.1, -0.05) is 12.1 Å². The van der Waals surface area contributed by atoms with Gasteiger partial charge in [0.2, 0.25) is 0 Å². The second-order valence-corrected chi connectivity index (χ2v) is 5.60. The second-order valence-electron chi connectivity index (χ2n) is 5.60. The monoisotopic (exact) mass is 346 g/mol. The number of imidazole rings is 1. The first-order chi connectivity index (χ1) is 11.2. The fourth-order valence-corrected chi connectivity index (χ4v) is 2.54. The van der Waals surface area contributed by atoms with Gasteiger partial charge in [0.15, 0.2) is 0 Å². The maximum Gasteiger partial charge on any atom is 0.122 e. The summed E-state index contributed by atoms with van der Waals surface area (Å²) in [5.74, 6) is 0.950. The van der Waals surface area contributed by atoms with Crippen molar-refractivity contribution in [3.05, 3.63) is 54.2 Å². The van der Waals surface area contributed by atoms with Gasteiger partial charge in [0.1, 0.15) is 12.4 Å². The molecule has 0 saturated carbocycles. The van der Waals surface area contributed by atoms with Crippen molar-refractivity contribution in [1.29, 1.82) is 0 Å². The number of nitrogens with zero attached hydrogens (tertiary/aromatic N) is 4. The van der Waals surface area contributed by atoms with Crippen LogP contribution in [-0.4, -0.2) is 25.9 Å². The summed E-state index contributed by atoms with van der Waals surface area (Å²) in [4.78, 5) is 4.26. The van der Waals surface area contributed by atoms with Crippen molar-refractivity contribution in [3.63, 3.8) is 0 Å². The fourth-order valence-electron chi connectivity index (χ4n) is 2.54. The average molecular weight is 347 g/mol. The normalized spacial score (nSPS) is 10.5. The van der Waals surface area contributed by atoms with E-state index in [0.717, 1.165) is 30.1 Å². The maximum atomic E-state index is 5.94. The zero-order chi connectivity index (χ0) is 16.2. The van der Waals surface area contributed by atoms with Crippen LogP contribution in [0.25, 0.3) is 11.3 Å². The van der Waals surface area contributed by atoms with Crippen molar-refractivity contribution in [3.8, 4) is 17.0 Å². The summed E-state index contributed by atoms with van der Waals surface area (Å²) in [6, 6.07) is 6.14. The molecular formula is C18H23ClN4O. The highest BCUT2D eigenvalue weighted by Crippen LogP contribution is 2.21. The number of aryl methyl sites for hydroxylation is 2. The van der Waals surface area contributed by atoms with Crippen LogP contribution in [0.4, 0.5) is 0 Å². The van der Waals surface area contributed by atoms with E-state index in [2.05, 4.69) is 41.5 Å². The van der Waals surface area contributed by atoms with Crippen molar-refractivity contribution in [2.45, 2.75) is 33.9 Å². The number of rotatable bonds is 6. The van der Waals surface area contributed by atoms with Gasteiger partial charge < -0.3 is 9.30 Å². The van der Waals surface area contributed by atoms with Gasteiger partial charge in [-0.2, -0.15) is 5.10 Å². The quantitative estimate of drug-likeness (QED) is 0.680. The van der Waals surface area contributed by atoms with E-state index < -0.39 is 0 Å². The molecule has 128 valence electrons. The van der Waals surface area contributed by atoms with Gasteiger partial charge in [-0.15, -0.1) is 12.4 Å². The summed E-state index contributed by atoms with van der Waals surface area (Å²) in [5.41, 5.74) is 4.59. The molecule has 1 aromatic carbocycles. The highest BCUT2D eigenvalue weighted by atomic mass is 35.5. The van der Waals surface area contributed by atoms with E-state index in [4.69, 9.17) is 4.74 Å². The molecule has 0 N–H and O–H groups in total. The second kappa shape index (κ2) is 8.02. The molecular weight excluding hydrogens is 324 g/mol. The molecule has 3 aromatic rings. The predicted octanol–water partition coefficient (Wildman–Crippen LogP) is 3.88. The van der Waals surface area contributed by atoms with Crippen LogP contribution in [0.5, 0.6) is 5.75 Å². The Morgan fingerprint density at radius 2 is 2.00 bits per heavy atom. The Morgan fingerprint density at radius 3 is 2.75 bits per heavy atom. The van der Waals surface area contributed by atoms with Crippen LogP contribution in [0.15, 0.2) is 43.1 Å². The Kier molecular flexibility index (Phi) is 6.04. The number of hydrogen-bond acceptors (Lipinski definition) is 3. The lowest BCUT2D eigenvalue weighted by molar-refractivity contribution is 0.297. The molecule has 0 bridgehead atoms. The fraction of sp³-hybridized carbons (Fsp3) is 0.333. The largest absolute Gasteiger partial charge is 0.491 e. The van der Waals surface area contributed by atoms with Crippen LogP contribution in [0.3, 0.4) is 0 Å². The van der Waals surface area contributed by atoms with E-state index in [1.807, 2.05) is 41.7 Å². The SMILES string of the molecule is CCn1cc(-c2cncn2CCOc2cccc(C)c2C)cn1.Cl. The Bertz CT molecular complexity index is 794. The minimum atomic E-state index is 0. The summed E-state index contributed by atoms with van der Waals surface area (Å²) in [6.07, 6.45) is 7.63. The summed E-state index contributed by atoms with van der Waals surface area (Å²) < 4.78 is 9.95. The van der Waals surface area contributed by atoms with Gasteiger partial charge in [0.05, 0.1) is 31.0 Å². The number of halogens is 1. The Morgan fingerprint density at radius 1 is 1.17 bits per heavy atom. The topological polar surface area (TPSA) is 44.9 Å². The number of hydrogen-bond donors (Lipinski definition) is 0. The summed E-state index contributed by atoms with van der Waals surface area (Å²) >= 11 is 0. The molecule has 0 atom stereocenters. The zero-order valence-electron chi connectivity index (χ0n) is 14.3. The number of benzene rings is 1. The molecule has 0 saturated heterocycles. The van der Waals surface area contributed by atoms with Gasteiger partial charge in [-0.3, -0.25) is 4.68 Å². The van der Waals surface area contributed by atoms with Crippen molar-refractivity contribution in [1.82, 2.24) is 19.3 Å². The van der Waals surface area contributed by atoms with Crippen LogP contribution < -0.4 is 4.74 Å². The van der Waals surface area contributed by atoms with Gasteiger partial charge in [0, 0.05) is 18.3 Å². The molecule has 0 unspecified atom stereocenters. The standard InChI is InChI=1S/C18H22N4O.ClH/c1-4-22-12-16(10-20-22)17-11-19-13-21(17)8-9-23-18-7-5-6-14(2)15(18)3;/h5-7,10-13H,4,8-9H2,1-3H3;1H. The number of aromatic nitrogens is 4. The van der Waals surface area contributed by atoms with Gasteiger partial charge >= 0.3 is 0 Å². The third kappa shape index (κ3) is 3.79. The summed E-state index contributed by atoms with van der Waals surface area (Å²) in [5, 5.41) is 4.33. The van der Waals surface area contributed by atoms with Gasteiger partial charge in [-0.25, -0.2) is 4.98 Å². The molecule has 0 aliphatic rings. The van der Waals surface area contributed by atoms with E-state index >= 15 is 0 Å². The van der Waals surface area contributed by atoms with E-state index in [1.54, 1.807) is 0 Å². The molecule has 2 aromatic heterocycles. The predicted molar refractivity (Wildman–Crippen MR) is 97.8 cm³/mol. The Hall–Kier alpha value is -2.27. The molecule has 2 heterocycles. The summed E-state index contributed by atoms with van der Waals surface area (Å²) in [7, 11) is 0. The first-order valence-corrected chi connectivity index (χ1v) is 7.91. The van der Waals surface area contributed by atoms with Crippen LogP contribution in [-0.2, 0) is 13.1 Å². The lowest BCUT2D eigenvalue weighted by Crippen LogP contribution is -2.09. The van der Waals surface area contributed by atoms with Crippen LogP contribution in [0.1, 0.15) is 18.1 Å². The third-order valence-corrected chi connectivity index (χ3v) is 4.11. The van der Waals surface area contributed by atoms with Gasteiger partial charge in [-0.05, 0) is 38.0 Å². The van der Waals surface area contributed by atoms with E-state index in [1.165, 1.54) is 11.1 Å². The van der Waals surface area contributed by atoms with Crippen molar-refractivity contribution >= 4 is 12.4 Å².